The summed E-state index contributed by atoms with van der Waals surface area (Å²) in [6, 6.07) is 10.0. The van der Waals surface area contributed by atoms with Gasteiger partial charge in [0.15, 0.2) is 0 Å². The van der Waals surface area contributed by atoms with Crippen LogP contribution < -0.4 is 0 Å². The van der Waals surface area contributed by atoms with Gasteiger partial charge in [-0.2, -0.15) is 5.10 Å². The van der Waals surface area contributed by atoms with E-state index in [0.29, 0.717) is 19.8 Å². The number of carbonyl (C=O) groups is 1. The van der Waals surface area contributed by atoms with Gasteiger partial charge in [-0.1, -0.05) is 12.1 Å². The van der Waals surface area contributed by atoms with Crippen LogP contribution in [0.15, 0.2) is 42.7 Å². The molecule has 0 aliphatic carbocycles. The van der Waals surface area contributed by atoms with Gasteiger partial charge >= 0.3 is 5.97 Å². The Morgan fingerprint density at radius 3 is 2.86 bits per heavy atom. The van der Waals surface area contributed by atoms with Crippen molar-refractivity contribution < 1.29 is 14.6 Å². The number of carboxylic acids is 1. The summed E-state index contributed by atoms with van der Waals surface area (Å²) in [6.07, 6.45) is 3.65. The topological polar surface area (TPSA) is 67.6 Å². The van der Waals surface area contributed by atoms with Crippen LogP contribution in [0.4, 0.5) is 0 Å². The summed E-state index contributed by atoms with van der Waals surface area (Å²) in [5.41, 5.74) is 2.17. The molecule has 22 heavy (non-hydrogen) atoms. The van der Waals surface area contributed by atoms with Crippen molar-refractivity contribution in [2.24, 2.45) is 5.92 Å². The Balaban J connectivity index is 1.66. The number of aromatic nitrogens is 2. The van der Waals surface area contributed by atoms with Crippen molar-refractivity contribution in [2.75, 3.05) is 26.3 Å². The largest absolute Gasteiger partial charge is 0.481 e. The number of benzene rings is 1. The number of ether oxygens (including phenoxy) is 1. The van der Waals surface area contributed by atoms with E-state index >= 15 is 0 Å². The van der Waals surface area contributed by atoms with Gasteiger partial charge in [0.2, 0.25) is 0 Å². The summed E-state index contributed by atoms with van der Waals surface area (Å²) in [5.74, 6) is -1.24. The second-order valence-electron chi connectivity index (χ2n) is 5.46. The van der Waals surface area contributed by atoms with E-state index in [1.807, 2.05) is 29.1 Å². The van der Waals surface area contributed by atoms with Crippen LogP contribution in [0.5, 0.6) is 0 Å². The molecule has 0 saturated carbocycles. The fourth-order valence-electron chi connectivity index (χ4n) is 2.60. The van der Waals surface area contributed by atoms with E-state index in [4.69, 9.17) is 4.74 Å². The SMILES string of the molecule is O=C(O)C1COCCN(Cc2ccc(-n3cccn3)cc2)C1. The fourth-order valence-corrected chi connectivity index (χ4v) is 2.60. The minimum Gasteiger partial charge on any atom is -0.481 e. The van der Waals surface area contributed by atoms with Gasteiger partial charge in [0, 0.05) is 32.0 Å². The lowest BCUT2D eigenvalue weighted by molar-refractivity contribution is -0.143. The van der Waals surface area contributed by atoms with Crippen molar-refractivity contribution in [3.63, 3.8) is 0 Å². The zero-order valence-corrected chi connectivity index (χ0v) is 12.3. The molecule has 6 nitrogen and oxygen atoms in total. The van der Waals surface area contributed by atoms with Crippen LogP contribution in [0, 0.1) is 5.92 Å². The number of hydrogen-bond acceptors (Lipinski definition) is 4. The molecule has 1 aliphatic heterocycles. The highest BCUT2D eigenvalue weighted by atomic mass is 16.5. The number of carboxylic acid groups (broad SMARTS) is 1. The molecule has 3 rings (SSSR count). The van der Waals surface area contributed by atoms with Gasteiger partial charge in [0.1, 0.15) is 0 Å². The highest BCUT2D eigenvalue weighted by molar-refractivity contribution is 5.70. The predicted octanol–water partition coefficient (Wildman–Crippen LogP) is 1.41. The second kappa shape index (κ2) is 6.72. The first-order valence-electron chi connectivity index (χ1n) is 7.34. The third-order valence-electron chi connectivity index (χ3n) is 3.81. The molecule has 6 heteroatoms. The molecule has 0 spiro atoms. The molecule has 1 aromatic carbocycles. The van der Waals surface area contributed by atoms with E-state index in [9.17, 15) is 9.90 Å². The van der Waals surface area contributed by atoms with E-state index in [2.05, 4.69) is 22.1 Å². The van der Waals surface area contributed by atoms with E-state index in [1.165, 1.54) is 0 Å². The molecule has 1 aromatic heterocycles. The maximum absolute atomic E-state index is 11.2. The van der Waals surface area contributed by atoms with E-state index < -0.39 is 11.9 Å². The highest BCUT2D eigenvalue weighted by Crippen LogP contribution is 2.14. The van der Waals surface area contributed by atoms with E-state index in [0.717, 1.165) is 24.3 Å². The molecular formula is C16H19N3O3. The van der Waals surface area contributed by atoms with Crippen LogP contribution >= 0.6 is 0 Å². The summed E-state index contributed by atoms with van der Waals surface area (Å²) >= 11 is 0. The van der Waals surface area contributed by atoms with E-state index in [-0.39, 0.29) is 0 Å². The smallest absolute Gasteiger partial charge is 0.310 e. The van der Waals surface area contributed by atoms with Crippen molar-refractivity contribution >= 4 is 5.97 Å². The Morgan fingerprint density at radius 1 is 1.36 bits per heavy atom. The van der Waals surface area contributed by atoms with Crippen molar-refractivity contribution in [2.45, 2.75) is 6.54 Å². The monoisotopic (exact) mass is 301 g/mol. The van der Waals surface area contributed by atoms with Crippen LogP contribution in [0.1, 0.15) is 5.56 Å². The average molecular weight is 301 g/mol. The third-order valence-corrected chi connectivity index (χ3v) is 3.81. The lowest BCUT2D eigenvalue weighted by atomic mass is 10.1. The van der Waals surface area contributed by atoms with E-state index in [1.54, 1.807) is 6.20 Å². The van der Waals surface area contributed by atoms with Crippen LogP contribution in [0.25, 0.3) is 5.69 Å². The Kier molecular flexibility index (Phi) is 4.50. The predicted molar refractivity (Wildman–Crippen MR) is 80.8 cm³/mol. The molecule has 2 heterocycles. The van der Waals surface area contributed by atoms with Crippen molar-refractivity contribution in [1.82, 2.24) is 14.7 Å². The summed E-state index contributed by atoms with van der Waals surface area (Å²) in [4.78, 5) is 13.3. The zero-order chi connectivity index (χ0) is 15.4. The molecule has 1 aliphatic rings. The van der Waals surface area contributed by atoms with Gasteiger partial charge in [0.25, 0.3) is 0 Å². The lowest BCUT2D eigenvalue weighted by Gasteiger charge is -2.21. The minimum absolute atomic E-state index is 0.296. The number of hydrogen-bond donors (Lipinski definition) is 1. The average Bonchev–Trinajstić information content (AvgIpc) is 2.95. The second-order valence-corrected chi connectivity index (χ2v) is 5.46. The van der Waals surface area contributed by atoms with Crippen LogP contribution in [-0.2, 0) is 16.1 Å². The Bertz CT molecular complexity index is 610. The van der Waals surface area contributed by atoms with Gasteiger partial charge in [0.05, 0.1) is 24.8 Å². The highest BCUT2D eigenvalue weighted by Gasteiger charge is 2.24. The van der Waals surface area contributed by atoms with Crippen molar-refractivity contribution in [3.8, 4) is 5.69 Å². The first-order valence-corrected chi connectivity index (χ1v) is 7.34. The summed E-state index contributed by atoms with van der Waals surface area (Å²) in [6.45, 7) is 2.88. The van der Waals surface area contributed by atoms with Crippen molar-refractivity contribution in [1.29, 1.82) is 0 Å². The summed E-state index contributed by atoms with van der Waals surface area (Å²) in [5, 5.41) is 13.4. The maximum atomic E-state index is 11.2. The van der Waals surface area contributed by atoms with Crippen LogP contribution in [0.2, 0.25) is 0 Å². The molecule has 1 unspecified atom stereocenters. The molecule has 0 bridgehead atoms. The molecule has 1 atom stereocenters. The molecule has 2 aromatic rings. The van der Waals surface area contributed by atoms with Crippen LogP contribution in [-0.4, -0.2) is 52.1 Å². The van der Waals surface area contributed by atoms with Crippen LogP contribution in [0.3, 0.4) is 0 Å². The minimum atomic E-state index is -0.791. The maximum Gasteiger partial charge on any atom is 0.310 e. The summed E-state index contributed by atoms with van der Waals surface area (Å²) in [7, 11) is 0. The molecule has 0 amide bonds. The Morgan fingerprint density at radius 2 is 2.18 bits per heavy atom. The molecule has 1 N–H and O–H groups in total. The standard InChI is InChI=1S/C16H19N3O3/c20-16(21)14-11-18(8-9-22-12-14)10-13-2-4-15(5-3-13)19-7-1-6-17-19/h1-7,14H,8-12H2,(H,20,21). The number of aliphatic carboxylic acids is 1. The normalized spacial score (nSPS) is 19.7. The van der Waals surface area contributed by atoms with Gasteiger partial charge in [-0.05, 0) is 23.8 Å². The van der Waals surface area contributed by atoms with Gasteiger partial charge in [-0.3, -0.25) is 9.69 Å². The quantitative estimate of drug-likeness (QED) is 0.924. The van der Waals surface area contributed by atoms with Gasteiger partial charge in [-0.25, -0.2) is 4.68 Å². The first-order chi connectivity index (χ1) is 10.7. The number of rotatable bonds is 4. The van der Waals surface area contributed by atoms with Gasteiger partial charge in [-0.15, -0.1) is 0 Å². The zero-order valence-electron chi connectivity index (χ0n) is 12.3. The number of nitrogens with zero attached hydrogens (tertiary/aromatic N) is 3. The molecular weight excluding hydrogens is 282 g/mol. The summed E-state index contributed by atoms with van der Waals surface area (Å²) < 4.78 is 7.18. The molecule has 1 saturated heterocycles. The molecule has 1 fully saturated rings. The Labute approximate surface area is 128 Å². The molecule has 0 radical (unpaired) electrons. The third kappa shape index (κ3) is 3.52. The van der Waals surface area contributed by atoms with Crippen molar-refractivity contribution in [3.05, 3.63) is 48.3 Å². The Hall–Kier alpha value is -2.18. The molecule has 116 valence electrons. The first kappa shape index (κ1) is 14.7. The lowest BCUT2D eigenvalue weighted by Crippen LogP contribution is -2.33. The fraction of sp³-hybridized carbons (Fsp3) is 0.375. The van der Waals surface area contributed by atoms with Gasteiger partial charge < -0.3 is 9.84 Å².